The van der Waals surface area contributed by atoms with E-state index in [1.807, 2.05) is 4.90 Å². The molecule has 2 aromatic rings. The quantitative estimate of drug-likeness (QED) is 0.792. The van der Waals surface area contributed by atoms with Crippen LogP contribution >= 0.6 is 0 Å². The highest BCUT2D eigenvalue weighted by molar-refractivity contribution is 7.89. The summed E-state index contributed by atoms with van der Waals surface area (Å²) in [6, 6.07) is 10.3. The van der Waals surface area contributed by atoms with Crippen LogP contribution < -0.4 is 10.0 Å². The van der Waals surface area contributed by atoms with Crippen molar-refractivity contribution >= 4 is 21.7 Å². The Kier molecular flexibility index (Phi) is 6.08. The second-order valence-corrected chi connectivity index (χ2v) is 8.28. The summed E-state index contributed by atoms with van der Waals surface area (Å²) in [6.45, 7) is 1.77. The van der Waals surface area contributed by atoms with Gasteiger partial charge in [-0.3, -0.25) is 4.79 Å². The number of nitrogens with zero attached hydrogens (tertiary/aromatic N) is 2. The van der Waals surface area contributed by atoms with E-state index in [4.69, 9.17) is 0 Å². The lowest BCUT2D eigenvalue weighted by Gasteiger charge is -2.27. The zero-order valence-corrected chi connectivity index (χ0v) is 16.1. The lowest BCUT2D eigenvalue weighted by molar-refractivity contribution is 0.0725. The fraction of sp³-hybridized carbons (Fsp3) is 0.368. The molecular formula is C19H24N4O3S. The third-order valence-corrected chi connectivity index (χ3v) is 6.17. The van der Waals surface area contributed by atoms with E-state index in [2.05, 4.69) is 15.0 Å². The van der Waals surface area contributed by atoms with E-state index < -0.39 is 10.0 Å². The summed E-state index contributed by atoms with van der Waals surface area (Å²) < 4.78 is 26.7. The summed E-state index contributed by atoms with van der Waals surface area (Å²) in [5, 5.41) is 3.14. The van der Waals surface area contributed by atoms with Crippen molar-refractivity contribution in [3.05, 3.63) is 53.7 Å². The van der Waals surface area contributed by atoms with E-state index in [9.17, 15) is 13.2 Å². The SMILES string of the molecule is CNS(=O)(=O)c1ccccc1CNc1ncccc1C(=O)N1CCCCC1. The van der Waals surface area contributed by atoms with Gasteiger partial charge in [-0.2, -0.15) is 0 Å². The van der Waals surface area contributed by atoms with Gasteiger partial charge in [0.05, 0.1) is 10.5 Å². The van der Waals surface area contributed by atoms with Crippen LogP contribution in [0.25, 0.3) is 0 Å². The van der Waals surface area contributed by atoms with E-state index >= 15 is 0 Å². The topological polar surface area (TPSA) is 91.4 Å². The maximum absolute atomic E-state index is 12.8. The molecule has 8 heteroatoms. The highest BCUT2D eigenvalue weighted by Gasteiger charge is 2.22. The van der Waals surface area contributed by atoms with Gasteiger partial charge in [0.2, 0.25) is 10.0 Å². The monoisotopic (exact) mass is 388 g/mol. The second-order valence-electron chi connectivity index (χ2n) is 6.42. The number of anilines is 1. The van der Waals surface area contributed by atoms with Gasteiger partial charge < -0.3 is 10.2 Å². The number of aromatic nitrogens is 1. The van der Waals surface area contributed by atoms with Crippen LogP contribution in [-0.2, 0) is 16.6 Å². The summed E-state index contributed by atoms with van der Waals surface area (Å²) in [4.78, 5) is 19.2. The lowest BCUT2D eigenvalue weighted by atomic mass is 10.1. The van der Waals surface area contributed by atoms with Crippen molar-refractivity contribution in [2.75, 3.05) is 25.5 Å². The minimum Gasteiger partial charge on any atom is -0.365 e. The molecule has 1 aliphatic rings. The second kappa shape index (κ2) is 8.49. The molecule has 3 rings (SSSR count). The Morgan fingerprint density at radius 2 is 1.85 bits per heavy atom. The molecule has 0 unspecified atom stereocenters. The number of carbonyl (C=O) groups excluding carboxylic acids is 1. The van der Waals surface area contributed by atoms with Crippen molar-refractivity contribution in [2.24, 2.45) is 0 Å². The molecule has 1 aromatic carbocycles. The minimum atomic E-state index is -3.56. The van der Waals surface area contributed by atoms with E-state index in [-0.39, 0.29) is 17.3 Å². The Morgan fingerprint density at radius 1 is 1.11 bits per heavy atom. The number of amides is 1. The molecule has 0 saturated carbocycles. The van der Waals surface area contributed by atoms with Crippen molar-refractivity contribution in [3.63, 3.8) is 0 Å². The Balaban J connectivity index is 1.81. The predicted molar refractivity (Wildman–Crippen MR) is 104 cm³/mol. The van der Waals surface area contributed by atoms with Gasteiger partial charge in [-0.05, 0) is 50.1 Å². The van der Waals surface area contributed by atoms with Crippen LogP contribution in [0, 0.1) is 0 Å². The van der Waals surface area contributed by atoms with Gasteiger partial charge in [0, 0.05) is 25.8 Å². The highest BCUT2D eigenvalue weighted by Crippen LogP contribution is 2.20. The van der Waals surface area contributed by atoms with Crippen molar-refractivity contribution in [3.8, 4) is 0 Å². The predicted octanol–water partition coefficient (Wildman–Crippen LogP) is 2.23. The van der Waals surface area contributed by atoms with Gasteiger partial charge in [0.25, 0.3) is 5.91 Å². The number of nitrogens with one attached hydrogen (secondary N) is 2. The van der Waals surface area contributed by atoms with E-state index in [1.54, 1.807) is 42.6 Å². The average Bonchev–Trinajstić information content (AvgIpc) is 2.72. The molecule has 27 heavy (non-hydrogen) atoms. The number of hydrogen-bond donors (Lipinski definition) is 2. The fourth-order valence-electron chi connectivity index (χ4n) is 3.19. The van der Waals surface area contributed by atoms with Crippen LogP contribution in [0.1, 0.15) is 35.2 Å². The Bertz CT molecular complexity index is 909. The maximum Gasteiger partial charge on any atom is 0.257 e. The summed E-state index contributed by atoms with van der Waals surface area (Å²) in [7, 11) is -2.18. The van der Waals surface area contributed by atoms with Crippen LogP contribution in [0.2, 0.25) is 0 Å². The van der Waals surface area contributed by atoms with Crippen LogP contribution in [0.15, 0.2) is 47.5 Å². The first-order valence-corrected chi connectivity index (χ1v) is 10.5. The molecule has 0 radical (unpaired) electrons. The molecule has 1 fully saturated rings. The fourth-order valence-corrected chi connectivity index (χ4v) is 4.15. The molecule has 7 nitrogen and oxygen atoms in total. The van der Waals surface area contributed by atoms with Gasteiger partial charge in [-0.25, -0.2) is 18.1 Å². The summed E-state index contributed by atoms with van der Waals surface area (Å²) in [6.07, 6.45) is 4.80. The largest absolute Gasteiger partial charge is 0.365 e. The number of likely N-dealkylation sites (tertiary alicyclic amines) is 1. The molecule has 2 heterocycles. The Morgan fingerprint density at radius 3 is 2.59 bits per heavy atom. The van der Waals surface area contributed by atoms with E-state index in [1.165, 1.54) is 7.05 Å². The first-order valence-electron chi connectivity index (χ1n) is 9.02. The lowest BCUT2D eigenvalue weighted by Crippen LogP contribution is -2.36. The molecule has 1 aliphatic heterocycles. The van der Waals surface area contributed by atoms with Crippen LogP contribution in [0.3, 0.4) is 0 Å². The third kappa shape index (κ3) is 4.45. The normalized spacial score (nSPS) is 14.8. The molecule has 0 aliphatic carbocycles. The third-order valence-electron chi connectivity index (χ3n) is 4.66. The molecular weight excluding hydrogens is 364 g/mol. The number of pyridine rings is 1. The van der Waals surface area contributed by atoms with Gasteiger partial charge in [-0.15, -0.1) is 0 Å². The molecule has 2 N–H and O–H groups in total. The molecule has 144 valence electrons. The summed E-state index contributed by atoms with van der Waals surface area (Å²) in [5.41, 5.74) is 1.11. The molecule has 1 amide bonds. The van der Waals surface area contributed by atoms with Gasteiger partial charge >= 0.3 is 0 Å². The number of benzene rings is 1. The number of hydrogen-bond acceptors (Lipinski definition) is 5. The number of rotatable bonds is 6. The maximum atomic E-state index is 12.8. The first kappa shape index (κ1) is 19.3. The van der Waals surface area contributed by atoms with Gasteiger partial charge in [-0.1, -0.05) is 18.2 Å². The summed E-state index contributed by atoms with van der Waals surface area (Å²) in [5.74, 6) is 0.422. The number of piperidine rings is 1. The number of carbonyl (C=O) groups is 1. The summed E-state index contributed by atoms with van der Waals surface area (Å²) >= 11 is 0. The molecule has 1 saturated heterocycles. The van der Waals surface area contributed by atoms with Crippen molar-refractivity contribution in [2.45, 2.75) is 30.7 Å². The Labute approximate surface area is 159 Å². The van der Waals surface area contributed by atoms with Crippen molar-refractivity contribution < 1.29 is 13.2 Å². The van der Waals surface area contributed by atoms with E-state index in [0.717, 1.165) is 32.4 Å². The zero-order chi connectivity index (χ0) is 19.3. The average molecular weight is 388 g/mol. The standard InChI is InChI=1S/C19H24N4O3S/c1-20-27(25,26)17-10-4-3-8-15(17)14-22-18-16(9-7-11-21-18)19(24)23-12-5-2-6-13-23/h3-4,7-11,20H,2,5-6,12-14H2,1H3,(H,21,22). The number of sulfonamides is 1. The minimum absolute atomic E-state index is 0.0403. The molecule has 0 spiro atoms. The smallest absolute Gasteiger partial charge is 0.257 e. The highest BCUT2D eigenvalue weighted by atomic mass is 32.2. The molecule has 0 bridgehead atoms. The molecule has 0 atom stereocenters. The first-order chi connectivity index (χ1) is 13.0. The van der Waals surface area contributed by atoms with Gasteiger partial charge in [0.1, 0.15) is 5.82 Å². The zero-order valence-electron chi connectivity index (χ0n) is 15.3. The van der Waals surface area contributed by atoms with Crippen molar-refractivity contribution in [1.82, 2.24) is 14.6 Å². The molecule has 1 aromatic heterocycles. The van der Waals surface area contributed by atoms with Gasteiger partial charge in [0.15, 0.2) is 0 Å². The van der Waals surface area contributed by atoms with Crippen LogP contribution in [-0.4, -0.2) is 44.3 Å². The van der Waals surface area contributed by atoms with Crippen LogP contribution in [0.4, 0.5) is 5.82 Å². The van der Waals surface area contributed by atoms with Crippen molar-refractivity contribution in [1.29, 1.82) is 0 Å². The Hall–Kier alpha value is -2.45. The van der Waals surface area contributed by atoms with E-state index in [0.29, 0.717) is 16.9 Å². The van der Waals surface area contributed by atoms with Crippen LogP contribution in [0.5, 0.6) is 0 Å².